The first-order chi connectivity index (χ1) is 11.6. The molecule has 7 heteroatoms. The molecule has 1 saturated heterocycles. The van der Waals surface area contributed by atoms with Gasteiger partial charge in [-0.3, -0.25) is 0 Å². The Morgan fingerprint density at radius 2 is 1.88 bits per heavy atom. The van der Waals surface area contributed by atoms with E-state index in [2.05, 4.69) is 4.40 Å². The molecule has 2 aliphatic rings. The van der Waals surface area contributed by atoms with Gasteiger partial charge < -0.3 is 9.64 Å². The second-order valence-electron chi connectivity index (χ2n) is 5.61. The highest BCUT2D eigenvalue weighted by molar-refractivity contribution is 7.90. The first kappa shape index (κ1) is 14.7. The monoisotopic (exact) mass is 339 g/mol. The first-order valence-electron chi connectivity index (χ1n) is 7.50. The van der Waals surface area contributed by atoms with Gasteiger partial charge in [-0.05, 0) is 42.8 Å². The lowest BCUT2D eigenvalue weighted by atomic mass is 10.2. The lowest BCUT2D eigenvalue weighted by molar-refractivity contribution is 0.480. The second-order valence-corrected chi connectivity index (χ2v) is 7.18. The Morgan fingerprint density at radius 3 is 2.62 bits per heavy atom. The summed E-state index contributed by atoms with van der Waals surface area (Å²) in [6.07, 6.45) is 1.58. The summed E-state index contributed by atoms with van der Waals surface area (Å²) in [7, 11) is -3.70. The van der Waals surface area contributed by atoms with Gasteiger partial charge in [-0.2, -0.15) is 13.7 Å². The smallest absolute Gasteiger partial charge is 0.286 e. The maximum absolute atomic E-state index is 12.4. The van der Waals surface area contributed by atoms with E-state index in [0.717, 1.165) is 13.0 Å². The molecule has 0 spiro atoms. The van der Waals surface area contributed by atoms with Gasteiger partial charge in [0.1, 0.15) is 22.2 Å². The molecule has 0 radical (unpaired) electrons. The summed E-state index contributed by atoms with van der Waals surface area (Å²) in [4.78, 5) is 2.11. The molecule has 0 saturated carbocycles. The van der Waals surface area contributed by atoms with Gasteiger partial charge in [0.2, 0.25) is 0 Å². The van der Waals surface area contributed by atoms with Crippen molar-refractivity contribution in [2.75, 3.05) is 11.4 Å². The Morgan fingerprint density at radius 1 is 1.12 bits per heavy atom. The molecular weight excluding hydrogens is 326 g/mol. The fraction of sp³-hybridized carbons (Fsp3) is 0.176. The zero-order valence-electron chi connectivity index (χ0n) is 12.6. The van der Waals surface area contributed by atoms with Crippen molar-refractivity contribution in [1.82, 2.24) is 0 Å². The molecule has 0 aromatic heterocycles. The van der Waals surface area contributed by atoms with Crippen LogP contribution in [0.2, 0.25) is 0 Å². The standard InChI is InChI=1S/C17H13N3O3S/c18-11-12-3-5-13(6-4-12)23-14-7-8-15-16(10-14)24(21,22)19-17-2-1-9-20(15)17/h3-8,10H,1-2,9H2. The third-order valence-electron chi connectivity index (χ3n) is 4.04. The molecule has 4 rings (SSSR count). The average molecular weight is 339 g/mol. The van der Waals surface area contributed by atoms with Crippen molar-refractivity contribution in [2.24, 2.45) is 4.40 Å². The molecule has 2 aromatic rings. The van der Waals surface area contributed by atoms with E-state index < -0.39 is 10.0 Å². The van der Waals surface area contributed by atoms with Crippen LogP contribution in [0.25, 0.3) is 0 Å². The molecule has 0 amide bonds. The number of amidine groups is 1. The van der Waals surface area contributed by atoms with E-state index in [0.29, 0.717) is 35.0 Å². The molecule has 120 valence electrons. The molecule has 1 fully saturated rings. The predicted octanol–water partition coefficient (Wildman–Crippen LogP) is 3.05. The average Bonchev–Trinajstić information content (AvgIpc) is 3.03. The van der Waals surface area contributed by atoms with Crippen LogP contribution in [0.4, 0.5) is 5.69 Å². The molecule has 2 aromatic carbocycles. The molecular formula is C17H13N3O3S. The van der Waals surface area contributed by atoms with E-state index >= 15 is 0 Å². The summed E-state index contributed by atoms with van der Waals surface area (Å²) in [6, 6.07) is 13.7. The summed E-state index contributed by atoms with van der Waals surface area (Å²) in [5.74, 6) is 1.57. The van der Waals surface area contributed by atoms with Crippen molar-refractivity contribution in [3.05, 3.63) is 48.0 Å². The normalized spacial score (nSPS) is 17.5. The first-order valence-corrected chi connectivity index (χ1v) is 8.94. The number of anilines is 1. The van der Waals surface area contributed by atoms with Crippen molar-refractivity contribution < 1.29 is 13.2 Å². The predicted molar refractivity (Wildman–Crippen MR) is 88.9 cm³/mol. The van der Waals surface area contributed by atoms with Crippen LogP contribution in [0.5, 0.6) is 11.5 Å². The van der Waals surface area contributed by atoms with Gasteiger partial charge >= 0.3 is 0 Å². The summed E-state index contributed by atoms with van der Waals surface area (Å²) in [6.45, 7) is 0.775. The number of ether oxygens (including phenoxy) is 1. The number of hydrogen-bond donors (Lipinski definition) is 0. The number of sulfonamides is 1. The van der Waals surface area contributed by atoms with Crippen molar-refractivity contribution in [2.45, 2.75) is 17.7 Å². The van der Waals surface area contributed by atoms with Crippen LogP contribution in [0.1, 0.15) is 18.4 Å². The number of fused-ring (bicyclic) bond motifs is 3. The van der Waals surface area contributed by atoms with Crippen LogP contribution >= 0.6 is 0 Å². The summed E-state index contributed by atoms with van der Waals surface area (Å²) in [5, 5.41) is 8.81. The number of benzene rings is 2. The minimum Gasteiger partial charge on any atom is -0.457 e. The molecule has 0 N–H and O–H groups in total. The van der Waals surface area contributed by atoms with Crippen molar-refractivity contribution in [1.29, 1.82) is 5.26 Å². The lowest BCUT2D eigenvalue weighted by Crippen LogP contribution is -2.30. The van der Waals surface area contributed by atoms with E-state index in [1.165, 1.54) is 6.07 Å². The molecule has 0 bridgehead atoms. The third-order valence-corrected chi connectivity index (χ3v) is 5.37. The second kappa shape index (κ2) is 5.35. The molecule has 0 aliphatic carbocycles. The minimum atomic E-state index is -3.70. The zero-order chi connectivity index (χ0) is 16.7. The van der Waals surface area contributed by atoms with Gasteiger partial charge in [0, 0.05) is 19.0 Å². The Hall–Kier alpha value is -2.85. The van der Waals surface area contributed by atoms with Gasteiger partial charge in [0.05, 0.1) is 17.3 Å². The maximum Gasteiger partial charge on any atom is 0.286 e. The highest BCUT2D eigenvalue weighted by Gasteiger charge is 2.33. The third kappa shape index (κ3) is 2.41. The highest BCUT2D eigenvalue weighted by atomic mass is 32.2. The van der Waals surface area contributed by atoms with Crippen LogP contribution in [-0.4, -0.2) is 20.8 Å². The number of nitrogens with zero attached hydrogens (tertiary/aromatic N) is 3. The number of rotatable bonds is 2. The Kier molecular flexibility index (Phi) is 3.28. The molecule has 0 unspecified atom stereocenters. The summed E-state index contributed by atoms with van der Waals surface area (Å²) >= 11 is 0. The van der Waals surface area contributed by atoms with Crippen LogP contribution in [0.15, 0.2) is 51.8 Å². The van der Waals surface area contributed by atoms with Gasteiger partial charge in [0.15, 0.2) is 0 Å². The van der Waals surface area contributed by atoms with Crippen LogP contribution in [0.3, 0.4) is 0 Å². The molecule has 24 heavy (non-hydrogen) atoms. The van der Waals surface area contributed by atoms with Gasteiger partial charge in [0.25, 0.3) is 10.0 Å². The van der Waals surface area contributed by atoms with Crippen LogP contribution in [0, 0.1) is 11.3 Å². The van der Waals surface area contributed by atoms with Crippen LogP contribution < -0.4 is 9.64 Å². The largest absolute Gasteiger partial charge is 0.457 e. The van der Waals surface area contributed by atoms with E-state index in [-0.39, 0.29) is 4.90 Å². The van der Waals surface area contributed by atoms with Crippen molar-refractivity contribution in [3.8, 4) is 17.6 Å². The van der Waals surface area contributed by atoms with Gasteiger partial charge in [-0.25, -0.2) is 0 Å². The quantitative estimate of drug-likeness (QED) is 0.840. The fourth-order valence-electron chi connectivity index (χ4n) is 2.92. The topological polar surface area (TPSA) is 82.8 Å². The Balaban J connectivity index is 1.70. The number of hydrogen-bond acceptors (Lipinski definition) is 5. The molecule has 2 aliphatic heterocycles. The minimum absolute atomic E-state index is 0.166. The molecule has 0 atom stereocenters. The molecule has 6 nitrogen and oxygen atoms in total. The van der Waals surface area contributed by atoms with Gasteiger partial charge in [-0.15, -0.1) is 4.40 Å². The van der Waals surface area contributed by atoms with E-state index in [4.69, 9.17) is 10.00 Å². The number of nitriles is 1. The summed E-state index contributed by atoms with van der Waals surface area (Å²) < 4.78 is 34.4. The highest BCUT2D eigenvalue weighted by Crippen LogP contribution is 2.38. The van der Waals surface area contributed by atoms with E-state index in [1.54, 1.807) is 36.4 Å². The van der Waals surface area contributed by atoms with Gasteiger partial charge in [-0.1, -0.05) is 0 Å². The maximum atomic E-state index is 12.4. The Labute approximate surface area is 139 Å². The van der Waals surface area contributed by atoms with E-state index in [1.807, 2.05) is 11.0 Å². The fourth-order valence-corrected chi connectivity index (χ4v) is 4.20. The van der Waals surface area contributed by atoms with Crippen molar-refractivity contribution >= 4 is 21.5 Å². The Bertz CT molecular complexity index is 989. The molecule has 2 heterocycles. The zero-order valence-corrected chi connectivity index (χ0v) is 13.5. The van der Waals surface area contributed by atoms with Crippen LogP contribution in [-0.2, 0) is 10.0 Å². The summed E-state index contributed by atoms with van der Waals surface area (Å²) in [5.41, 5.74) is 1.19. The van der Waals surface area contributed by atoms with Crippen molar-refractivity contribution in [3.63, 3.8) is 0 Å². The lowest BCUT2D eigenvalue weighted by Gasteiger charge is -2.25. The SMILES string of the molecule is N#Cc1ccc(Oc2ccc3c(c2)S(=O)(=O)N=C2CCCN23)cc1. The van der Waals surface area contributed by atoms with E-state index in [9.17, 15) is 8.42 Å².